The average Bonchev–Trinajstić information content (AvgIpc) is 2.64. The first-order valence-corrected chi connectivity index (χ1v) is 8.74. The van der Waals surface area contributed by atoms with Gasteiger partial charge >= 0.3 is 0 Å². The van der Waals surface area contributed by atoms with Crippen LogP contribution in [-0.4, -0.2) is 24.5 Å². The summed E-state index contributed by atoms with van der Waals surface area (Å²) in [6.45, 7) is 4.49. The van der Waals surface area contributed by atoms with Gasteiger partial charge in [-0.2, -0.15) is 0 Å². The van der Waals surface area contributed by atoms with E-state index < -0.39 is 6.04 Å². The SMILES string of the molecule is CCCC(N)C(=O)Nc1ccc(C(=O)Nc2ccc(OCC)cc2)cc1. The molecule has 2 rings (SSSR count). The van der Waals surface area contributed by atoms with Gasteiger partial charge in [0.1, 0.15) is 5.75 Å². The maximum atomic E-state index is 12.3. The Morgan fingerprint density at radius 3 is 2.12 bits per heavy atom. The molecular formula is C20H25N3O3. The molecule has 0 fully saturated rings. The molecule has 0 saturated carbocycles. The van der Waals surface area contributed by atoms with Crippen LogP contribution in [0.5, 0.6) is 5.75 Å². The highest BCUT2D eigenvalue weighted by Gasteiger charge is 2.13. The number of amides is 2. The molecule has 0 saturated heterocycles. The third-order valence-corrected chi connectivity index (χ3v) is 3.77. The number of anilines is 2. The average molecular weight is 355 g/mol. The lowest BCUT2D eigenvalue weighted by Crippen LogP contribution is -2.35. The number of benzene rings is 2. The molecule has 0 aliphatic heterocycles. The second kappa shape index (κ2) is 9.58. The van der Waals surface area contributed by atoms with Gasteiger partial charge in [-0.15, -0.1) is 0 Å². The molecule has 0 heterocycles. The molecule has 26 heavy (non-hydrogen) atoms. The number of nitrogens with one attached hydrogen (secondary N) is 2. The molecule has 0 aromatic heterocycles. The predicted molar refractivity (Wildman–Crippen MR) is 104 cm³/mol. The fourth-order valence-electron chi connectivity index (χ4n) is 2.39. The predicted octanol–water partition coefficient (Wildman–Crippen LogP) is 3.40. The summed E-state index contributed by atoms with van der Waals surface area (Å²) in [5.74, 6) is 0.306. The Labute approximate surface area is 153 Å². The van der Waals surface area contributed by atoms with Crippen molar-refractivity contribution in [1.29, 1.82) is 0 Å². The van der Waals surface area contributed by atoms with Crippen molar-refractivity contribution in [2.75, 3.05) is 17.2 Å². The number of rotatable bonds is 8. The molecule has 2 amide bonds. The number of carbonyl (C=O) groups excluding carboxylic acids is 2. The summed E-state index contributed by atoms with van der Waals surface area (Å²) in [5.41, 5.74) is 7.57. The summed E-state index contributed by atoms with van der Waals surface area (Å²) in [6.07, 6.45) is 1.48. The number of ether oxygens (including phenoxy) is 1. The smallest absolute Gasteiger partial charge is 0.255 e. The van der Waals surface area contributed by atoms with Crippen LogP contribution in [0, 0.1) is 0 Å². The minimum Gasteiger partial charge on any atom is -0.494 e. The maximum Gasteiger partial charge on any atom is 0.255 e. The second-order valence-electron chi connectivity index (χ2n) is 5.87. The molecule has 0 radical (unpaired) electrons. The van der Waals surface area contributed by atoms with Gasteiger partial charge in [-0.05, 0) is 61.9 Å². The van der Waals surface area contributed by atoms with Gasteiger partial charge in [-0.25, -0.2) is 0 Å². The molecule has 6 nitrogen and oxygen atoms in total. The summed E-state index contributed by atoms with van der Waals surface area (Å²) in [4.78, 5) is 24.2. The van der Waals surface area contributed by atoms with Crippen molar-refractivity contribution in [1.82, 2.24) is 0 Å². The van der Waals surface area contributed by atoms with E-state index >= 15 is 0 Å². The topological polar surface area (TPSA) is 93.5 Å². The standard InChI is InChI=1S/C20H25N3O3/c1-3-5-18(21)20(25)23-15-8-6-14(7-9-15)19(24)22-16-10-12-17(13-11-16)26-4-2/h6-13,18H,3-5,21H2,1-2H3,(H,22,24)(H,23,25). The molecule has 2 aromatic carbocycles. The zero-order chi connectivity index (χ0) is 18.9. The summed E-state index contributed by atoms with van der Waals surface area (Å²) in [6, 6.07) is 13.3. The van der Waals surface area contributed by atoms with Crippen molar-refractivity contribution in [3.05, 3.63) is 54.1 Å². The highest BCUT2D eigenvalue weighted by Crippen LogP contribution is 2.17. The summed E-state index contributed by atoms with van der Waals surface area (Å²) < 4.78 is 5.37. The van der Waals surface area contributed by atoms with Crippen LogP contribution in [0.25, 0.3) is 0 Å². The Kier molecular flexibility index (Phi) is 7.17. The normalized spacial score (nSPS) is 11.5. The van der Waals surface area contributed by atoms with Gasteiger partial charge in [0.05, 0.1) is 12.6 Å². The molecule has 138 valence electrons. The van der Waals surface area contributed by atoms with Crippen LogP contribution in [0.1, 0.15) is 37.0 Å². The molecular weight excluding hydrogens is 330 g/mol. The van der Waals surface area contributed by atoms with Crippen molar-refractivity contribution in [2.45, 2.75) is 32.7 Å². The minimum absolute atomic E-state index is 0.224. The van der Waals surface area contributed by atoms with Crippen molar-refractivity contribution >= 4 is 23.2 Å². The fraction of sp³-hybridized carbons (Fsp3) is 0.300. The Morgan fingerprint density at radius 2 is 1.54 bits per heavy atom. The molecule has 1 unspecified atom stereocenters. The Bertz CT molecular complexity index is 727. The molecule has 0 aliphatic rings. The van der Waals surface area contributed by atoms with Crippen LogP contribution in [0.3, 0.4) is 0 Å². The van der Waals surface area contributed by atoms with Crippen molar-refractivity contribution in [2.24, 2.45) is 5.73 Å². The molecule has 0 aliphatic carbocycles. The first-order valence-electron chi connectivity index (χ1n) is 8.74. The van der Waals surface area contributed by atoms with Crippen LogP contribution >= 0.6 is 0 Å². The van der Waals surface area contributed by atoms with Crippen LogP contribution in [0.15, 0.2) is 48.5 Å². The van der Waals surface area contributed by atoms with Gasteiger partial charge in [0, 0.05) is 16.9 Å². The first-order chi connectivity index (χ1) is 12.5. The highest BCUT2D eigenvalue weighted by atomic mass is 16.5. The van der Waals surface area contributed by atoms with Crippen LogP contribution < -0.4 is 21.1 Å². The van der Waals surface area contributed by atoms with E-state index in [9.17, 15) is 9.59 Å². The highest BCUT2D eigenvalue weighted by molar-refractivity contribution is 6.04. The molecule has 0 bridgehead atoms. The first kappa shape index (κ1) is 19.5. The van der Waals surface area contributed by atoms with Gasteiger partial charge in [-0.3, -0.25) is 9.59 Å². The van der Waals surface area contributed by atoms with E-state index in [1.807, 2.05) is 13.8 Å². The van der Waals surface area contributed by atoms with Crippen molar-refractivity contribution < 1.29 is 14.3 Å². The monoisotopic (exact) mass is 355 g/mol. The minimum atomic E-state index is -0.525. The van der Waals surface area contributed by atoms with E-state index in [1.54, 1.807) is 48.5 Å². The van der Waals surface area contributed by atoms with Gasteiger partial charge in [-0.1, -0.05) is 13.3 Å². The van der Waals surface area contributed by atoms with E-state index in [4.69, 9.17) is 10.5 Å². The Hall–Kier alpha value is -2.86. The summed E-state index contributed by atoms with van der Waals surface area (Å²) in [7, 11) is 0. The largest absolute Gasteiger partial charge is 0.494 e. The molecule has 1 atom stereocenters. The zero-order valence-electron chi connectivity index (χ0n) is 15.1. The number of carbonyl (C=O) groups is 2. The summed E-state index contributed by atoms with van der Waals surface area (Å²) >= 11 is 0. The van der Waals surface area contributed by atoms with E-state index in [0.29, 0.717) is 30.0 Å². The third kappa shape index (κ3) is 5.60. The maximum absolute atomic E-state index is 12.3. The van der Waals surface area contributed by atoms with Crippen LogP contribution in [-0.2, 0) is 4.79 Å². The second-order valence-corrected chi connectivity index (χ2v) is 5.87. The Balaban J connectivity index is 1.94. The molecule has 2 aromatic rings. The third-order valence-electron chi connectivity index (χ3n) is 3.77. The van der Waals surface area contributed by atoms with Crippen LogP contribution in [0.4, 0.5) is 11.4 Å². The van der Waals surface area contributed by atoms with Crippen LogP contribution in [0.2, 0.25) is 0 Å². The van der Waals surface area contributed by atoms with E-state index in [2.05, 4.69) is 10.6 Å². The quantitative estimate of drug-likeness (QED) is 0.676. The van der Waals surface area contributed by atoms with E-state index in [1.165, 1.54) is 0 Å². The van der Waals surface area contributed by atoms with Crippen molar-refractivity contribution in [3.8, 4) is 5.75 Å². The lowest BCUT2D eigenvalue weighted by Gasteiger charge is -2.11. The van der Waals surface area contributed by atoms with E-state index in [0.717, 1.165) is 12.2 Å². The van der Waals surface area contributed by atoms with Gasteiger partial charge in [0.2, 0.25) is 5.91 Å². The fourth-order valence-corrected chi connectivity index (χ4v) is 2.39. The molecule has 6 heteroatoms. The number of hydrogen-bond acceptors (Lipinski definition) is 4. The lowest BCUT2D eigenvalue weighted by molar-refractivity contribution is -0.117. The number of hydrogen-bond donors (Lipinski definition) is 3. The Morgan fingerprint density at radius 1 is 0.962 bits per heavy atom. The van der Waals surface area contributed by atoms with E-state index in [-0.39, 0.29) is 11.8 Å². The molecule has 4 N–H and O–H groups in total. The van der Waals surface area contributed by atoms with Crippen molar-refractivity contribution in [3.63, 3.8) is 0 Å². The van der Waals surface area contributed by atoms with Gasteiger partial charge < -0.3 is 21.1 Å². The lowest BCUT2D eigenvalue weighted by atomic mass is 10.1. The molecule has 0 spiro atoms. The zero-order valence-corrected chi connectivity index (χ0v) is 15.1. The summed E-state index contributed by atoms with van der Waals surface area (Å²) in [5, 5.41) is 5.57. The number of nitrogens with two attached hydrogens (primary N) is 1. The van der Waals surface area contributed by atoms with Gasteiger partial charge in [0.15, 0.2) is 0 Å². The van der Waals surface area contributed by atoms with Gasteiger partial charge in [0.25, 0.3) is 5.91 Å².